The molecule has 2 fully saturated rings. The number of hydrogen-bond acceptors (Lipinski definition) is 5. The van der Waals surface area contributed by atoms with Crippen LogP contribution in [0, 0.1) is 5.92 Å². The number of amides is 3. The summed E-state index contributed by atoms with van der Waals surface area (Å²) in [4.78, 5) is 45.0. The van der Waals surface area contributed by atoms with Crippen molar-refractivity contribution in [3.05, 3.63) is 54.2 Å². The number of nitrogens with one attached hydrogen (secondary N) is 2. The van der Waals surface area contributed by atoms with E-state index in [1.54, 1.807) is 35.4 Å². The van der Waals surface area contributed by atoms with Gasteiger partial charge in [-0.25, -0.2) is 4.98 Å². The molecule has 0 aliphatic carbocycles. The third kappa shape index (κ3) is 4.59. The van der Waals surface area contributed by atoms with Gasteiger partial charge in [0.05, 0.1) is 24.3 Å². The number of benzene rings is 1. The predicted octanol–water partition coefficient (Wildman–Crippen LogP) is 1.51. The van der Waals surface area contributed by atoms with Crippen molar-refractivity contribution < 1.29 is 14.4 Å². The van der Waals surface area contributed by atoms with E-state index in [4.69, 9.17) is 0 Å². The molecule has 2 aliphatic rings. The fourth-order valence-corrected chi connectivity index (χ4v) is 3.86. The summed E-state index contributed by atoms with van der Waals surface area (Å²) in [5.41, 5.74) is 1.25. The van der Waals surface area contributed by atoms with Crippen LogP contribution in [-0.4, -0.2) is 60.3 Å². The maximum atomic E-state index is 12.8. The van der Waals surface area contributed by atoms with Gasteiger partial charge in [-0.15, -0.1) is 0 Å². The highest BCUT2D eigenvalue weighted by Gasteiger charge is 2.29. The van der Waals surface area contributed by atoms with Crippen molar-refractivity contribution in [2.24, 2.45) is 5.92 Å². The predicted molar refractivity (Wildman–Crippen MR) is 113 cm³/mol. The lowest BCUT2D eigenvalue weighted by Gasteiger charge is -2.32. The summed E-state index contributed by atoms with van der Waals surface area (Å²) in [5, 5.41) is 5.70. The Morgan fingerprint density at radius 2 is 1.93 bits per heavy atom. The molecule has 0 bridgehead atoms. The van der Waals surface area contributed by atoms with Gasteiger partial charge in [0.15, 0.2) is 0 Å². The van der Waals surface area contributed by atoms with E-state index in [0.717, 1.165) is 12.8 Å². The van der Waals surface area contributed by atoms with E-state index in [0.29, 0.717) is 43.2 Å². The second-order valence-electron chi connectivity index (χ2n) is 7.62. The number of pyridine rings is 1. The fourth-order valence-electron chi connectivity index (χ4n) is 3.86. The van der Waals surface area contributed by atoms with Gasteiger partial charge < -0.3 is 20.4 Å². The lowest BCUT2D eigenvalue weighted by molar-refractivity contribution is -0.121. The number of rotatable bonds is 4. The Morgan fingerprint density at radius 1 is 1.10 bits per heavy atom. The molecule has 1 atom stereocenters. The number of nitrogens with zero attached hydrogens (tertiary/aromatic N) is 3. The molecule has 3 heterocycles. The molecule has 156 valence electrons. The molecule has 1 unspecified atom stereocenters. The average Bonchev–Trinajstić information content (AvgIpc) is 2.80. The number of hydrogen-bond donors (Lipinski definition) is 2. The number of anilines is 2. The summed E-state index contributed by atoms with van der Waals surface area (Å²) in [6.45, 7) is 2.66. The van der Waals surface area contributed by atoms with Crippen LogP contribution < -0.4 is 15.5 Å². The normalized spacial score (nSPS) is 19.2. The van der Waals surface area contributed by atoms with Crippen LogP contribution in [-0.2, 0) is 9.59 Å². The number of piperazine rings is 1. The highest BCUT2D eigenvalue weighted by Crippen LogP contribution is 2.21. The van der Waals surface area contributed by atoms with Crippen molar-refractivity contribution in [1.82, 2.24) is 15.2 Å². The Kier molecular flexibility index (Phi) is 5.92. The van der Waals surface area contributed by atoms with Gasteiger partial charge in [-0.1, -0.05) is 18.2 Å². The average molecular weight is 407 g/mol. The molecular formula is C22H25N5O3. The molecule has 2 aromatic rings. The molecule has 8 nitrogen and oxygen atoms in total. The zero-order valence-electron chi connectivity index (χ0n) is 16.7. The first-order valence-corrected chi connectivity index (χ1v) is 10.2. The van der Waals surface area contributed by atoms with Crippen LogP contribution in [0.1, 0.15) is 23.2 Å². The van der Waals surface area contributed by atoms with Crippen LogP contribution >= 0.6 is 0 Å². The highest BCUT2D eigenvalue weighted by molar-refractivity contribution is 5.96. The number of aromatic nitrogens is 1. The molecule has 8 heteroatoms. The van der Waals surface area contributed by atoms with E-state index in [9.17, 15) is 14.4 Å². The summed E-state index contributed by atoms with van der Waals surface area (Å²) < 4.78 is 0. The first-order chi connectivity index (χ1) is 14.6. The summed E-state index contributed by atoms with van der Waals surface area (Å²) in [6.07, 6.45) is 3.15. The lowest BCUT2D eigenvalue weighted by atomic mass is 9.96. The third-order valence-electron chi connectivity index (χ3n) is 5.48. The number of piperidine rings is 1. The number of carbonyl (C=O) groups is 3. The van der Waals surface area contributed by atoms with Gasteiger partial charge in [0, 0.05) is 31.7 Å². The molecule has 0 saturated carbocycles. The van der Waals surface area contributed by atoms with Crippen molar-refractivity contribution in [3.63, 3.8) is 0 Å². The maximum Gasteiger partial charge on any atom is 0.253 e. The van der Waals surface area contributed by atoms with Gasteiger partial charge in [0.1, 0.15) is 5.82 Å². The molecule has 1 aromatic heterocycles. The monoisotopic (exact) mass is 407 g/mol. The number of likely N-dealkylation sites (tertiary alicyclic amines) is 1. The molecule has 2 N–H and O–H groups in total. The topological polar surface area (TPSA) is 94.6 Å². The van der Waals surface area contributed by atoms with E-state index in [-0.39, 0.29) is 30.2 Å². The number of carbonyl (C=O) groups excluding carboxylic acids is 3. The molecule has 2 saturated heterocycles. The molecule has 3 amide bonds. The SMILES string of the molecule is O=C1CN(c2ccc(NC(=O)C3CCCN(C(=O)c4ccccc4)C3)cn2)CCN1. The zero-order valence-corrected chi connectivity index (χ0v) is 16.7. The van der Waals surface area contributed by atoms with Crippen LogP contribution in [0.25, 0.3) is 0 Å². The Balaban J connectivity index is 1.35. The van der Waals surface area contributed by atoms with Crippen LogP contribution in [0.3, 0.4) is 0 Å². The van der Waals surface area contributed by atoms with Gasteiger partial charge >= 0.3 is 0 Å². The third-order valence-corrected chi connectivity index (χ3v) is 5.48. The van der Waals surface area contributed by atoms with Crippen molar-refractivity contribution >= 4 is 29.2 Å². The Labute approximate surface area is 175 Å². The van der Waals surface area contributed by atoms with Crippen LogP contribution in [0.15, 0.2) is 48.7 Å². The molecule has 0 spiro atoms. The molecule has 1 aromatic carbocycles. The van der Waals surface area contributed by atoms with Crippen molar-refractivity contribution in [2.75, 3.05) is 42.9 Å². The lowest BCUT2D eigenvalue weighted by Crippen LogP contribution is -2.48. The van der Waals surface area contributed by atoms with Crippen molar-refractivity contribution in [3.8, 4) is 0 Å². The van der Waals surface area contributed by atoms with Crippen LogP contribution in [0.5, 0.6) is 0 Å². The minimum absolute atomic E-state index is 0.0210. The van der Waals surface area contributed by atoms with Crippen molar-refractivity contribution in [2.45, 2.75) is 12.8 Å². The minimum atomic E-state index is -0.253. The van der Waals surface area contributed by atoms with Gasteiger partial charge in [-0.05, 0) is 37.1 Å². The Morgan fingerprint density at radius 3 is 2.67 bits per heavy atom. The van der Waals surface area contributed by atoms with Gasteiger partial charge in [0.2, 0.25) is 11.8 Å². The standard InChI is InChI=1S/C22H25N5O3/c28-20-15-26(12-10-23-20)19-9-8-18(13-24-19)25-21(29)17-7-4-11-27(14-17)22(30)16-5-2-1-3-6-16/h1-3,5-6,8-9,13,17H,4,7,10-12,14-15H2,(H,23,28)(H,25,29). The minimum Gasteiger partial charge on any atom is -0.353 e. The van der Waals surface area contributed by atoms with Crippen molar-refractivity contribution in [1.29, 1.82) is 0 Å². The first-order valence-electron chi connectivity index (χ1n) is 10.2. The molecule has 4 rings (SSSR count). The van der Waals surface area contributed by atoms with Gasteiger partial charge in [-0.2, -0.15) is 0 Å². The highest BCUT2D eigenvalue weighted by atomic mass is 16.2. The maximum absolute atomic E-state index is 12.8. The van der Waals surface area contributed by atoms with Crippen LogP contribution in [0.2, 0.25) is 0 Å². The summed E-state index contributed by atoms with van der Waals surface area (Å²) in [6, 6.07) is 12.8. The second kappa shape index (κ2) is 8.94. The van der Waals surface area contributed by atoms with E-state index in [1.165, 1.54) is 0 Å². The fraction of sp³-hybridized carbons (Fsp3) is 0.364. The molecule has 2 aliphatic heterocycles. The summed E-state index contributed by atoms with van der Waals surface area (Å²) in [7, 11) is 0. The molecular weight excluding hydrogens is 382 g/mol. The van der Waals surface area contributed by atoms with E-state index in [2.05, 4.69) is 15.6 Å². The van der Waals surface area contributed by atoms with E-state index in [1.807, 2.05) is 23.1 Å². The molecule has 30 heavy (non-hydrogen) atoms. The molecule has 0 radical (unpaired) electrons. The van der Waals surface area contributed by atoms with Crippen LogP contribution in [0.4, 0.5) is 11.5 Å². The Bertz CT molecular complexity index is 916. The van der Waals surface area contributed by atoms with Gasteiger partial charge in [-0.3, -0.25) is 14.4 Å². The largest absolute Gasteiger partial charge is 0.353 e. The second-order valence-corrected chi connectivity index (χ2v) is 7.62. The smallest absolute Gasteiger partial charge is 0.253 e. The van der Waals surface area contributed by atoms with Gasteiger partial charge in [0.25, 0.3) is 5.91 Å². The quantitative estimate of drug-likeness (QED) is 0.801. The zero-order chi connectivity index (χ0) is 20.9. The van der Waals surface area contributed by atoms with E-state index >= 15 is 0 Å². The Hall–Kier alpha value is -3.42. The summed E-state index contributed by atoms with van der Waals surface area (Å²) in [5.74, 6) is 0.293. The summed E-state index contributed by atoms with van der Waals surface area (Å²) >= 11 is 0. The van der Waals surface area contributed by atoms with E-state index < -0.39 is 0 Å². The first kappa shape index (κ1) is 19.9.